The monoisotopic (exact) mass is 290 g/mol. The number of benzene rings is 1. The highest BCUT2D eigenvalue weighted by atomic mass is 16.5. The fourth-order valence-electron chi connectivity index (χ4n) is 3.45. The zero-order valence-corrected chi connectivity index (χ0v) is 13.6. The van der Waals surface area contributed by atoms with Gasteiger partial charge in [-0.1, -0.05) is 45.4 Å². The van der Waals surface area contributed by atoms with Crippen LogP contribution in [0, 0.1) is 11.8 Å². The molecule has 1 aromatic carbocycles. The summed E-state index contributed by atoms with van der Waals surface area (Å²) >= 11 is 0. The molecule has 0 aromatic heterocycles. The summed E-state index contributed by atoms with van der Waals surface area (Å²) in [5.74, 6) is 3.79. The molecule has 0 N–H and O–H groups in total. The van der Waals surface area contributed by atoms with Crippen LogP contribution in [0.3, 0.4) is 0 Å². The van der Waals surface area contributed by atoms with E-state index >= 15 is 0 Å². The van der Waals surface area contributed by atoms with Gasteiger partial charge in [0.05, 0.1) is 13.7 Å². The van der Waals surface area contributed by atoms with Crippen molar-refractivity contribution in [3.8, 4) is 11.5 Å². The summed E-state index contributed by atoms with van der Waals surface area (Å²) in [4.78, 5) is 0. The molecule has 1 aromatic rings. The van der Waals surface area contributed by atoms with E-state index in [9.17, 15) is 0 Å². The molecule has 118 valence electrons. The Morgan fingerprint density at radius 3 is 2.05 bits per heavy atom. The van der Waals surface area contributed by atoms with Gasteiger partial charge in [0, 0.05) is 0 Å². The molecule has 1 aliphatic carbocycles. The van der Waals surface area contributed by atoms with Crippen molar-refractivity contribution in [3.63, 3.8) is 0 Å². The highest BCUT2D eigenvalue weighted by molar-refractivity contribution is 5.31. The lowest BCUT2D eigenvalue weighted by Gasteiger charge is -2.28. The van der Waals surface area contributed by atoms with E-state index < -0.39 is 0 Å². The van der Waals surface area contributed by atoms with E-state index in [2.05, 4.69) is 6.92 Å². The van der Waals surface area contributed by atoms with E-state index in [-0.39, 0.29) is 0 Å². The molecule has 1 fully saturated rings. The summed E-state index contributed by atoms with van der Waals surface area (Å²) in [7, 11) is 1.69. The fourth-order valence-corrected chi connectivity index (χ4v) is 3.45. The average Bonchev–Trinajstić information content (AvgIpc) is 2.54. The number of ether oxygens (including phenoxy) is 2. The van der Waals surface area contributed by atoms with Gasteiger partial charge in [0.1, 0.15) is 11.5 Å². The lowest BCUT2D eigenvalue weighted by Crippen LogP contribution is -2.15. The van der Waals surface area contributed by atoms with Crippen LogP contribution in [-0.4, -0.2) is 13.7 Å². The summed E-state index contributed by atoms with van der Waals surface area (Å²) in [6, 6.07) is 7.86. The summed E-state index contributed by atoms with van der Waals surface area (Å²) in [5.41, 5.74) is 0. The molecule has 0 unspecified atom stereocenters. The molecular formula is C19H30O2. The van der Waals surface area contributed by atoms with E-state index in [0.717, 1.165) is 29.9 Å². The first-order valence-corrected chi connectivity index (χ1v) is 8.58. The highest BCUT2D eigenvalue weighted by Gasteiger charge is 2.19. The van der Waals surface area contributed by atoms with Crippen LogP contribution in [0.15, 0.2) is 24.3 Å². The molecule has 0 spiro atoms. The van der Waals surface area contributed by atoms with E-state index in [0.29, 0.717) is 0 Å². The van der Waals surface area contributed by atoms with Gasteiger partial charge in [-0.05, 0) is 48.9 Å². The van der Waals surface area contributed by atoms with Crippen molar-refractivity contribution in [1.82, 2.24) is 0 Å². The Kier molecular flexibility index (Phi) is 6.91. The molecule has 2 nitrogen and oxygen atoms in total. The Labute approximate surface area is 129 Å². The fraction of sp³-hybridized carbons (Fsp3) is 0.684. The van der Waals surface area contributed by atoms with Crippen molar-refractivity contribution in [2.24, 2.45) is 11.8 Å². The molecule has 0 aliphatic heterocycles. The molecule has 1 saturated carbocycles. The Morgan fingerprint density at radius 2 is 1.48 bits per heavy atom. The Balaban J connectivity index is 1.57. The van der Waals surface area contributed by atoms with Crippen molar-refractivity contribution in [3.05, 3.63) is 24.3 Å². The molecule has 0 amide bonds. The maximum absolute atomic E-state index is 5.80. The largest absolute Gasteiger partial charge is 0.497 e. The Morgan fingerprint density at radius 1 is 0.905 bits per heavy atom. The molecule has 0 atom stereocenters. The van der Waals surface area contributed by atoms with Crippen LogP contribution < -0.4 is 9.47 Å². The Bertz CT molecular complexity index is 377. The maximum Gasteiger partial charge on any atom is 0.119 e. The lowest BCUT2D eigenvalue weighted by atomic mass is 9.78. The predicted molar refractivity (Wildman–Crippen MR) is 88.1 cm³/mol. The summed E-state index contributed by atoms with van der Waals surface area (Å²) in [6.45, 7) is 3.14. The second kappa shape index (κ2) is 8.96. The first kappa shape index (κ1) is 16.2. The highest BCUT2D eigenvalue weighted by Crippen LogP contribution is 2.33. The summed E-state index contributed by atoms with van der Waals surface area (Å²) < 4.78 is 10.9. The van der Waals surface area contributed by atoms with Gasteiger partial charge >= 0.3 is 0 Å². The van der Waals surface area contributed by atoms with Crippen LogP contribution >= 0.6 is 0 Å². The first-order chi connectivity index (χ1) is 10.3. The van der Waals surface area contributed by atoms with Crippen LogP contribution in [0.4, 0.5) is 0 Å². The molecule has 0 heterocycles. The minimum Gasteiger partial charge on any atom is -0.497 e. The van der Waals surface area contributed by atoms with Gasteiger partial charge in [-0.25, -0.2) is 0 Å². The molecule has 2 heteroatoms. The van der Waals surface area contributed by atoms with Crippen LogP contribution in [0.1, 0.15) is 58.3 Å². The van der Waals surface area contributed by atoms with Gasteiger partial charge in [-0.2, -0.15) is 0 Å². The minimum atomic E-state index is 0.835. The minimum absolute atomic E-state index is 0.835. The third-order valence-electron chi connectivity index (χ3n) is 4.75. The quantitative estimate of drug-likeness (QED) is 0.592. The van der Waals surface area contributed by atoms with E-state index in [1.165, 1.54) is 51.4 Å². The smallest absolute Gasteiger partial charge is 0.119 e. The van der Waals surface area contributed by atoms with Crippen LogP contribution in [-0.2, 0) is 0 Å². The molecule has 1 aliphatic rings. The topological polar surface area (TPSA) is 18.5 Å². The van der Waals surface area contributed by atoms with Crippen LogP contribution in [0.2, 0.25) is 0 Å². The normalized spacial score (nSPS) is 22.0. The maximum atomic E-state index is 5.80. The van der Waals surface area contributed by atoms with Crippen molar-refractivity contribution in [2.75, 3.05) is 13.7 Å². The summed E-state index contributed by atoms with van der Waals surface area (Å²) in [6.07, 6.45) is 11.1. The van der Waals surface area contributed by atoms with Crippen molar-refractivity contribution < 1.29 is 9.47 Å². The zero-order chi connectivity index (χ0) is 14.9. The van der Waals surface area contributed by atoms with Crippen LogP contribution in [0.5, 0.6) is 11.5 Å². The third kappa shape index (κ3) is 5.61. The van der Waals surface area contributed by atoms with Crippen molar-refractivity contribution in [1.29, 1.82) is 0 Å². The van der Waals surface area contributed by atoms with Crippen LogP contribution in [0.25, 0.3) is 0 Å². The lowest BCUT2D eigenvalue weighted by molar-refractivity contribution is 0.230. The second-order valence-corrected chi connectivity index (χ2v) is 6.34. The number of rotatable bonds is 8. The van der Waals surface area contributed by atoms with Gasteiger partial charge in [0.15, 0.2) is 0 Å². The molecule has 0 saturated heterocycles. The molecule has 2 rings (SSSR count). The first-order valence-electron chi connectivity index (χ1n) is 8.58. The van der Waals surface area contributed by atoms with E-state index in [1.807, 2.05) is 24.3 Å². The molecule has 0 bridgehead atoms. The van der Waals surface area contributed by atoms with E-state index in [4.69, 9.17) is 9.47 Å². The average molecular weight is 290 g/mol. The number of methoxy groups -OCH3 is 1. The molecular weight excluding hydrogens is 260 g/mol. The standard InChI is InChI=1S/C19H30O2/c1-3-5-16-7-9-17(10-8-16)6-4-15-21-19-13-11-18(20-2)12-14-19/h11-14,16-17H,3-10,15H2,1-2H3/t16-,17-. The third-order valence-corrected chi connectivity index (χ3v) is 4.75. The summed E-state index contributed by atoms with van der Waals surface area (Å²) in [5, 5.41) is 0. The SMILES string of the molecule is CCC[C@H]1CC[C@H](CCCOc2ccc(OC)cc2)CC1. The Hall–Kier alpha value is -1.18. The number of hydrogen-bond donors (Lipinski definition) is 0. The number of hydrogen-bond acceptors (Lipinski definition) is 2. The van der Waals surface area contributed by atoms with Crippen molar-refractivity contribution >= 4 is 0 Å². The zero-order valence-electron chi connectivity index (χ0n) is 13.6. The van der Waals surface area contributed by atoms with Crippen molar-refractivity contribution in [2.45, 2.75) is 58.3 Å². The predicted octanol–water partition coefficient (Wildman–Crippen LogP) is 5.46. The van der Waals surface area contributed by atoms with Gasteiger partial charge in [-0.15, -0.1) is 0 Å². The van der Waals surface area contributed by atoms with Gasteiger partial charge in [0.25, 0.3) is 0 Å². The molecule has 0 radical (unpaired) electrons. The van der Waals surface area contributed by atoms with Gasteiger partial charge in [-0.3, -0.25) is 0 Å². The van der Waals surface area contributed by atoms with Gasteiger partial charge < -0.3 is 9.47 Å². The van der Waals surface area contributed by atoms with E-state index in [1.54, 1.807) is 7.11 Å². The second-order valence-electron chi connectivity index (χ2n) is 6.34. The molecule has 21 heavy (non-hydrogen) atoms. The van der Waals surface area contributed by atoms with Gasteiger partial charge in [0.2, 0.25) is 0 Å².